The van der Waals surface area contributed by atoms with Crippen molar-refractivity contribution in [3.05, 3.63) is 79.2 Å². The van der Waals surface area contributed by atoms with Crippen molar-refractivity contribution >= 4 is 0 Å². The molecule has 0 saturated heterocycles. The third kappa shape index (κ3) is 3.91. The minimum absolute atomic E-state index is 0.341. The molecule has 0 bridgehead atoms. The Kier molecular flexibility index (Phi) is 5.62. The Labute approximate surface area is 156 Å². The van der Waals surface area contributed by atoms with E-state index in [1.54, 1.807) is 14.2 Å². The number of methoxy groups -OCH3 is 2. The van der Waals surface area contributed by atoms with E-state index in [9.17, 15) is 0 Å². The predicted molar refractivity (Wildman–Crippen MR) is 109 cm³/mol. The van der Waals surface area contributed by atoms with E-state index < -0.39 is 0 Å². The van der Waals surface area contributed by atoms with Gasteiger partial charge in [-0.05, 0) is 47.2 Å². The van der Waals surface area contributed by atoms with Gasteiger partial charge in [0, 0.05) is 11.1 Å². The van der Waals surface area contributed by atoms with E-state index in [2.05, 4.69) is 44.2 Å². The molecular formula is C24H25O2. The Bertz CT molecular complexity index is 815. The average Bonchev–Trinajstić information content (AvgIpc) is 2.67. The molecule has 1 atom stereocenters. The monoisotopic (exact) mass is 345 g/mol. The van der Waals surface area contributed by atoms with Crippen LogP contribution in [-0.4, -0.2) is 14.2 Å². The minimum atomic E-state index is 0.341. The van der Waals surface area contributed by atoms with E-state index in [0.29, 0.717) is 5.92 Å². The summed E-state index contributed by atoms with van der Waals surface area (Å²) in [7, 11) is 3.42. The van der Waals surface area contributed by atoms with Crippen LogP contribution in [0.5, 0.6) is 11.5 Å². The molecule has 0 aliphatic rings. The van der Waals surface area contributed by atoms with E-state index >= 15 is 0 Å². The number of ether oxygens (including phenoxy) is 2. The molecule has 0 spiro atoms. The normalized spacial score (nSPS) is 10.8. The highest BCUT2D eigenvalue weighted by atomic mass is 16.5. The van der Waals surface area contributed by atoms with E-state index in [-0.39, 0.29) is 0 Å². The minimum Gasteiger partial charge on any atom is -0.496 e. The van der Waals surface area contributed by atoms with Crippen LogP contribution in [0.25, 0.3) is 22.3 Å². The van der Waals surface area contributed by atoms with Crippen molar-refractivity contribution in [3.8, 4) is 33.8 Å². The van der Waals surface area contributed by atoms with Crippen LogP contribution in [0.4, 0.5) is 0 Å². The highest BCUT2D eigenvalue weighted by molar-refractivity contribution is 5.79. The fourth-order valence-electron chi connectivity index (χ4n) is 3.29. The smallest absolute Gasteiger partial charge is 0.126 e. The largest absolute Gasteiger partial charge is 0.496 e. The molecule has 3 rings (SSSR count). The fourth-order valence-corrected chi connectivity index (χ4v) is 3.29. The van der Waals surface area contributed by atoms with E-state index in [4.69, 9.17) is 9.47 Å². The number of hydrogen-bond acceptors (Lipinski definition) is 2. The zero-order chi connectivity index (χ0) is 18.5. The molecule has 3 aromatic carbocycles. The highest BCUT2D eigenvalue weighted by Gasteiger charge is 2.12. The maximum Gasteiger partial charge on any atom is 0.126 e. The quantitative estimate of drug-likeness (QED) is 0.541. The Hall–Kier alpha value is -2.74. The Morgan fingerprint density at radius 3 is 1.65 bits per heavy atom. The van der Waals surface area contributed by atoms with Gasteiger partial charge in [0.25, 0.3) is 0 Å². The molecule has 0 aliphatic carbocycles. The lowest BCUT2D eigenvalue weighted by molar-refractivity contribution is 0.416. The second-order valence-electron chi connectivity index (χ2n) is 6.63. The van der Waals surface area contributed by atoms with E-state index in [1.165, 1.54) is 5.56 Å². The van der Waals surface area contributed by atoms with Gasteiger partial charge in [-0.1, -0.05) is 62.4 Å². The SMILES string of the molecule is [CH2][C@@H](C)Cc1cc(-c2ccccc2OC)cc(-c2ccccc2OC)c1. The van der Waals surface area contributed by atoms with Gasteiger partial charge < -0.3 is 9.47 Å². The van der Waals surface area contributed by atoms with Gasteiger partial charge in [0.15, 0.2) is 0 Å². The van der Waals surface area contributed by atoms with Gasteiger partial charge in [0.2, 0.25) is 0 Å². The first-order chi connectivity index (χ1) is 12.6. The van der Waals surface area contributed by atoms with Crippen molar-refractivity contribution in [1.82, 2.24) is 0 Å². The number of rotatable bonds is 6. The molecule has 0 amide bonds. The van der Waals surface area contributed by atoms with Crippen LogP contribution in [0, 0.1) is 12.8 Å². The molecule has 0 saturated carbocycles. The Morgan fingerprint density at radius 1 is 0.769 bits per heavy atom. The van der Waals surface area contributed by atoms with Crippen LogP contribution >= 0.6 is 0 Å². The van der Waals surface area contributed by atoms with E-state index in [0.717, 1.165) is 40.2 Å². The number of para-hydroxylation sites is 2. The summed E-state index contributed by atoms with van der Waals surface area (Å²) in [6.07, 6.45) is 0.922. The summed E-state index contributed by atoms with van der Waals surface area (Å²) in [6.45, 7) is 6.29. The lowest BCUT2D eigenvalue weighted by Crippen LogP contribution is -1.97. The molecule has 0 aliphatic heterocycles. The first kappa shape index (κ1) is 18.1. The van der Waals surface area contributed by atoms with Crippen molar-refractivity contribution in [3.63, 3.8) is 0 Å². The second kappa shape index (κ2) is 8.09. The van der Waals surface area contributed by atoms with Crippen LogP contribution in [0.2, 0.25) is 0 Å². The molecule has 2 heteroatoms. The molecule has 0 unspecified atom stereocenters. The maximum atomic E-state index is 5.57. The summed E-state index contributed by atoms with van der Waals surface area (Å²) in [4.78, 5) is 0. The molecule has 26 heavy (non-hydrogen) atoms. The topological polar surface area (TPSA) is 18.5 Å². The molecule has 0 aromatic heterocycles. The molecule has 0 fully saturated rings. The van der Waals surface area contributed by atoms with Crippen LogP contribution in [0.15, 0.2) is 66.7 Å². The van der Waals surface area contributed by atoms with Crippen molar-refractivity contribution in [2.75, 3.05) is 14.2 Å². The van der Waals surface area contributed by atoms with Crippen molar-refractivity contribution < 1.29 is 9.47 Å². The van der Waals surface area contributed by atoms with Crippen LogP contribution in [0.1, 0.15) is 12.5 Å². The van der Waals surface area contributed by atoms with Gasteiger partial charge in [0.1, 0.15) is 11.5 Å². The van der Waals surface area contributed by atoms with Gasteiger partial charge in [0.05, 0.1) is 14.2 Å². The second-order valence-corrected chi connectivity index (χ2v) is 6.63. The van der Waals surface area contributed by atoms with E-state index in [1.807, 2.05) is 36.4 Å². The molecular weight excluding hydrogens is 320 g/mol. The molecule has 133 valence electrons. The molecule has 2 nitrogen and oxygen atoms in total. The molecule has 1 radical (unpaired) electrons. The standard InChI is InChI=1S/C24H25O2/c1-17(2)13-18-14-19(21-9-5-7-11-23(21)25-3)16-20(15-18)22-10-6-8-12-24(22)26-4/h5-12,14-17H,1,13H2,2-4H3/t17-/m0/s1. The third-order valence-corrected chi connectivity index (χ3v) is 4.41. The highest BCUT2D eigenvalue weighted by Crippen LogP contribution is 2.36. The summed E-state index contributed by atoms with van der Waals surface area (Å²) in [6, 6.07) is 22.9. The van der Waals surface area contributed by atoms with Crippen molar-refractivity contribution in [1.29, 1.82) is 0 Å². The van der Waals surface area contributed by atoms with Crippen LogP contribution in [0.3, 0.4) is 0 Å². The maximum absolute atomic E-state index is 5.57. The predicted octanol–water partition coefficient (Wildman–Crippen LogP) is 6.05. The first-order valence-electron chi connectivity index (χ1n) is 8.86. The lowest BCUT2D eigenvalue weighted by atomic mass is 9.92. The summed E-state index contributed by atoms with van der Waals surface area (Å²) in [5.74, 6) is 2.09. The van der Waals surface area contributed by atoms with Crippen molar-refractivity contribution in [2.24, 2.45) is 5.92 Å². The van der Waals surface area contributed by atoms with Gasteiger partial charge in [-0.3, -0.25) is 0 Å². The zero-order valence-corrected chi connectivity index (χ0v) is 15.7. The molecule has 0 heterocycles. The van der Waals surface area contributed by atoms with Crippen molar-refractivity contribution in [2.45, 2.75) is 13.3 Å². The van der Waals surface area contributed by atoms with Gasteiger partial charge in [-0.25, -0.2) is 0 Å². The molecule has 0 N–H and O–H groups in total. The lowest BCUT2D eigenvalue weighted by Gasteiger charge is -2.15. The summed E-state index contributed by atoms with van der Waals surface area (Å²) in [5.41, 5.74) is 5.72. The van der Waals surface area contributed by atoms with Gasteiger partial charge in [-0.2, -0.15) is 0 Å². The number of benzene rings is 3. The Morgan fingerprint density at radius 2 is 1.23 bits per heavy atom. The summed E-state index contributed by atoms with van der Waals surface area (Å²) < 4.78 is 11.1. The molecule has 3 aromatic rings. The van der Waals surface area contributed by atoms with Crippen LogP contribution < -0.4 is 9.47 Å². The Balaban J connectivity index is 2.19. The van der Waals surface area contributed by atoms with Gasteiger partial charge >= 0.3 is 0 Å². The summed E-state index contributed by atoms with van der Waals surface area (Å²) >= 11 is 0. The summed E-state index contributed by atoms with van der Waals surface area (Å²) in [5, 5.41) is 0. The van der Waals surface area contributed by atoms with Gasteiger partial charge in [-0.15, -0.1) is 0 Å². The first-order valence-corrected chi connectivity index (χ1v) is 8.86. The zero-order valence-electron chi connectivity index (χ0n) is 15.7. The average molecular weight is 345 g/mol. The third-order valence-electron chi connectivity index (χ3n) is 4.41. The fraction of sp³-hybridized carbons (Fsp3) is 0.208. The number of hydrogen-bond donors (Lipinski definition) is 0. The van der Waals surface area contributed by atoms with Crippen LogP contribution in [-0.2, 0) is 6.42 Å².